The van der Waals surface area contributed by atoms with Gasteiger partial charge in [-0.15, -0.1) is 0 Å². The molecule has 0 aliphatic carbocycles. The van der Waals surface area contributed by atoms with E-state index in [1.165, 1.54) is 18.4 Å². The van der Waals surface area contributed by atoms with Gasteiger partial charge in [0.15, 0.2) is 6.61 Å². The molecule has 1 saturated heterocycles. The summed E-state index contributed by atoms with van der Waals surface area (Å²) >= 11 is 0. The molecule has 0 amide bonds. The summed E-state index contributed by atoms with van der Waals surface area (Å²) < 4.78 is 11.3. The second kappa shape index (κ2) is 8.05. The van der Waals surface area contributed by atoms with Crippen LogP contribution in [0, 0.1) is 13.8 Å². The zero-order chi connectivity index (χ0) is 21.3. The second-order valence-electron chi connectivity index (χ2n) is 8.86. The number of anilines is 1. The van der Waals surface area contributed by atoms with Crippen LogP contribution >= 0.6 is 0 Å². The van der Waals surface area contributed by atoms with Crippen molar-refractivity contribution in [3.8, 4) is 17.3 Å². The highest BCUT2D eigenvalue weighted by Crippen LogP contribution is 2.26. The average molecular weight is 408 g/mol. The van der Waals surface area contributed by atoms with Gasteiger partial charge in [-0.25, -0.2) is 4.98 Å². The third-order valence-corrected chi connectivity index (χ3v) is 5.53. The molecule has 0 N–H and O–H groups in total. The Balaban J connectivity index is 1.47. The van der Waals surface area contributed by atoms with Crippen LogP contribution in [0.15, 0.2) is 28.8 Å². The summed E-state index contributed by atoms with van der Waals surface area (Å²) in [5.74, 6) is 2.28. The summed E-state index contributed by atoms with van der Waals surface area (Å²) in [6.07, 6.45) is 2.35. The van der Waals surface area contributed by atoms with Crippen LogP contribution in [0.2, 0.25) is 0 Å². The predicted molar refractivity (Wildman–Crippen MR) is 116 cm³/mol. The van der Waals surface area contributed by atoms with E-state index < -0.39 is 0 Å². The maximum Gasteiger partial charge on any atom is 0.264 e. The number of rotatable bonds is 5. The maximum absolute atomic E-state index is 5.94. The van der Waals surface area contributed by atoms with Crippen LogP contribution in [0.3, 0.4) is 0 Å². The van der Waals surface area contributed by atoms with Gasteiger partial charge in [0.2, 0.25) is 17.7 Å². The molecule has 1 aromatic carbocycles. The van der Waals surface area contributed by atoms with E-state index in [0.717, 1.165) is 35.9 Å². The van der Waals surface area contributed by atoms with Crippen LogP contribution in [0.5, 0.6) is 5.88 Å². The normalized spacial score (nSPS) is 14.4. The molecule has 1 fully saturated rings. The van der Waals surface area contributed by atoms with Gasteiger partial charge in [0.1, 0.15) is 0 Å². The largest absolute Gasteiger partial charge is 0.467 e. The van der Waals surface area contributed by atoms with Gasteiger partial charge in [0, 0.05) is 29.9 Å². The molecule has 0 unspecified atom stereocenters. The van der Waals surface area contributed by atoms with Crippen LogP contribution in [-0.2, 0) is 12.0 Å². The lowest BCUT2D eigenvalue weighted by Gasteiger charge is -2.18. The van der Waals surface area contributed by atoms with E-state index >= 15 is 0 Å². The summed E-state index contributed by atoms with van der Waals surface area (Å²) in [5, 5.41) is 4.10. The number of benzene rings is 1. The van der Waals surface area contributed by atoms with Crippen molar-refractivity contribution in [2.75, 3.05) is 18.0 Å². The molecule has 7 heteroatoms. The van der Waals surface area contributed by atoms with Crippen LogP contribution in [0.4, 0.5) is 5.95 Å². The van der Waals surface area contributed by atoms with Crippen molar-refractivity contribution in [1.82, 2.24) is 20.1 Å². The molecular formula is C23H29N5O2. The molecule has 3 aromatic rings. The minimum absolute atomic E-state index is 0.107. The topological polar surface area (TPSA) is 77.2 Å². The van der Waals surface area contributed by atoms with Gasteiger partial charge in [-0.1, -0.05) is 50.2 Å². The van der Waals surface area contributed by atoms with Crippen LogP contribution in [0.25, 0.3) is 11.4 Å². The lowest BCUT2D eigenvalue weighted by Crippen LogP contribution is -2.21. The molecule has 0 radical (unpaired) electrons. The molecule has 7 nitrogen and oxygen atoms in total. The van der Waals surface area contributed by atoms with Gasteiger partial charge in [-0.05, 0) is 37.7 Å². The van der Waals surface area contributed by atoms with Gasteiger partial charge in [-0.2, -0.15) is 9.97 Å². The Bertz CT molecular complexity index is 1020. The van der Waals surface area contributed by atoms with E-state index in [1.54, 1.807) is 0 Å². The van der Waals surface area contributed by atoms with Crippen LogP contribution < -0.4 is 9.64 Å². The fraction of sp³-hybridized carbons (Fsp3) is 0.478. The van der Waals surface area contributed by atoms with Gasteiger partial charge in [0.25, 0.3) is 5.89 Å². The van der Waals surface area contributed by atoms with E-state index in [9.17, 15) is 0 Å². The zero-order valence-electron chi connectivity index (χ0n) is 18.4. The third kappa shape index (κ3) is 4.30. The standard InChI is InChI=1S/C23H29N5O2/c1-15-16(2)24-22(28-12-6-7-13-28)26-21(15)29-14-19-25-20(27-30-19)17-8-10-18(11-9-17)23(3,4)5/h8-11H,6-7,12-14H2,1-5H3. The van der Waals surface area contributed by atoms with E-state index in [0.29, 0.717) is 17.6 Å². The Morgan fingerprint density at radius 1 is 1.00 bits per heavy atom. The smallest absolute Gasteiger partial charge is 0.264 e. The Morgan fingerprint density at radius 2 is 1.70 bits per heavy atom. The second-order valence-corrected chi connectivity index (χ2v) is 8.86. The monoisotopic (exact) mass is 407 g/mol. The Labute approximate surface area is 177 Å². The van der Waals surface area contributed by atoms with Crippen molar-refractivity contribution < 1.29 is 9.26 Å². The minimum Gasteiger partial charge on any atom is -0.467 e. The molecule has 30 heavy (non-hydrogen) atoms. The first kappa shape index (κ1) is 20.3. The van der Waals surface area contributed by atoms with Crippen molar-refractivity contribution in [2.24, 2.45) is 0 Å². The highest BCUT2D eigenvalue weighted by atomic mass is 16.5. The number of aromatic nitrogens is 4. The highest BCUT2D eigenvalue weighted by molar-refractivity contribution is 5.55. The number of hydrogen-bond acceptors (Lipinski definition) is 7. The van der Waals surface area contributed by atoms with Gasteiger partial charge in [-0.3, -0.25) is 0 Å². The quantitative estimate of drug-likeness (QED) is 0.611. The molecule has 0 atom stereocenters. The lowest BCUT2D eigenvalue weighted by atomic mass is 9.87. The first-order valence-electron chi connectivity index (χ1n) is 10.5. The molecule has 1 aliphatic heterocycles. The summed E-state index contributed by atoms with van der Waals surface area (Å²) in [6, 6.07) is 8.26. The predicted octanol–water partition coefficient (Wildman–Crippen LogP) is 4.62. The third-order valence-electron chi connectivity index (χ3n) is 5.53. The molecule has 2 aromatic heterocycles. The molecule has 0 bridgehead atoms. The van der Waals surface area contributed by atoms with E-state index in [1.807, 2.05) is 26.0 Å². The fourth-order valence-electron chi connectivity index (χ4n) is 3.47. The fourth-order valence-corrected chi connectivity index (χ4v) is 3.47. The van der Waals surface area contributed by atoms with E-state index in [-0.39, 0.29) is 12.0 Å². The van der Waals surface area contributed by atoms with Crippen molar-refractivity contribution in [3.05, 3.63) is 47.0 Å². The number of ether oxygens (including phenoxy) is 1. The van der Waals surface area contributed by atoms with Crippen molar-refractivity contribution in [2.45, 2.75) is 59.5 Å². The number of aryl methyl sites for hydroxylation is 1. The summed E-state index contributed by atoms with van der Waals surface area (Å²) in [5.41, 5.74) is 4.14. The number of hydrogen-bond donors (Lipinski definition) is 0. The van der Waals surface area contributed by atoms with Gasteiger partial charge in [0.05, 0.1) is 0 Å². The van der Waals surface area contributed by atoms with E-state index in [4.69, 9.17) is 9.26 Å². The molecule has 0 spiro atoms. The summed E-state index contributed by atoms with van der Waals surface area (Å²) in [6.45, 7) is 12.7. The van der Waals surface area contributed by atoms with Crippen LogP contribution in [-0.4, -0.2) is 33.2 Å². The SMILES string of the molecule is Cc1nc(N2CCCC2)nc(OCc2nc(-c3ccc(C(C)(C)C)cc3)no2)c1C. The summed E-state index contributed by atoms with van der Waals surface area (Å²) in [7, 11) is 0. The lowest BCUT2D eigenvalue weighted by molar-refractivity contribution is 0.233. The molecular weight excluding hydrogens is 378 g/mol. The van der Waals surface area contributed by atoms with Crippen LogP contribution in [0.1, 0.15) is 56.3 Å². The number of nitrogens with zero attached hydrogens (tertiary/aromatic N) is 5. The maximum atomic E-state index is 5.94. The Morgan fingerprint density at radius 3 is 2.37 bits per heavy atom. The van der Waals surface area contributed by atoms with Crippen molar-refractivity contribution in [1.29, 1.82) is 0 Å². The molecule has 4 rings (SSSR count). The molecule has 158 valence electrons. The average Bonchev–Trinajstić information content (AvgIpc) is 3.41. The van der Waals surface area contributed by atoms with Gasteiger partial charge < -0.3 is 14.2 Å². The Kier molecular flexibility index (Phi) is 5.45. The van der Waals surface area contributed by atoms with E-state index in [2.05, 4.69) is 57.9 Å². The van der Waals surface area contributed by atoms with Crippen molar-refractivity contribution in [3.63, 3.8) is 0 Å². The zero-order valence-corrected chi connectivity index (χ0v) is 18.4. The minimum atomic E-state index is 0.107. The molecule has 1 aliphatic rings. The molecule has 0 saturated carbocycles. The summed E-state index contributed by atoms with van der Waals surface area (Å²) in [4.78, 5) is 15.9. The molecule has 3 heterocycles. The highest BCUT2D eigenvalue weighted by Gasteiger charge is 2.19. The Hall–Kier alpha value is -2.96. The van der Waals surface area contributed by atoms with Crippen molar-refractivity contribution >= 4 is 5.95 Å². The van der Waals surface area contributed by atoms with Gasteiger partial charge >= 0.3 is 0 Å². The first-order chi connectivity index (χ1) is 14.3. The first-order valence-corrected chi connectivity index (χ1v) is 10.5.